The third-order valence-corrected chi connectivity index (χ3v) is 3.03. The molecule has 0 saturated heterocycles. The predicted molar refractivity (Wildman–Crippen MR) is 64.8 cm³/mol. The minimum absolute atomic E-state index is 0.128. The largest absolute Gasteiger partial charge is 0.411 e. The molecule has 2 nitrogen and oxygen atoms in total. The van der Waals surface area contributed by atoms with Gasteiger partial charge in [0, 0.05) is 16.0 Å². The Balaban J connectivity index is 3.06. The quantitative estimate of drug-likeness (QED) is 0.379. The standard InChI is InChI=1S/C10H10Cl3NO/c1-6(10(5-11)14-15)8-3-2-7(12)4-9(8)13/h2-4,6,15H,5H2,1H3/b14-10+. The van der Waals surface area contributed by atoms with Gasteiger partial charge in [0.1, 0.15) is 0 Å². The number of hydrogen-bond acceptors (Lipinski definition) is 2. The Bertz CT molecular complexity index is 379. The lowest BCUT2D eigenvalue weighted by atomic mass is 9.97. The lowest BCUT2D eigenvalue weighted by molar-refractivity contribution is 0.317. The fourth-order valence-electron chi connectivity index (χ4n) is 1.26. The zero-order valence-corrected chi connectivity index (χ0v) is 10.3. The first-order chi connectivity index (χ1) is 7.10. The Labute approximate surface area is 103 Å². The highest BCUT2D eigenvalue weighted by atomic mass is 35.5. The van der Waals surface area contributed by atoms with Crippen molar-refractivity contribution in [1.82, 2.24) is 0 Å². The molecule has 1 rings (SSSR count). The fourth-order valence-corrected chi connectivity index (χ4v) is 2.12. The van der Waals surface area contributed by atoms with Crippen LogP contribution in [0, 0.1) is 0 Å². The Kier molecular flexibility index (Phi) is 4.71. The predicted octanol–water partition coefficient (Wildman–Crippen LogP) is 4.17. The average molecular weight is 267 g/mol. The van der Waals surface area contributed by atoms with Crippen molar-refractivity contribution in [3.8, 4) is 0 Å². The summed E-state index contributed by atoms with van der Waals surface area (Å²) >= 11 is 17.4. The van der Waals surface area contributed by atoms with Gasteiger partial charge in [-0.3, -0.25) is 0 Å². The number of alkyl halides is 1. The maximum absolute atomic E-state index is 8.74. The van der Waals surface area contributed by atoms with Gasteiger partial charge in [-0.05, 0) is 17.7 Å². The van der Waals surface area contributed by atoms with Crippen LogP contribution in [-0.2, 0) is 0 Å². The first kappa shape index (κ1) is 12.6. The summed E-state index contributed by atoms with van der Waals surface area (Å²) in [6.07, 6.45) is 0. The summed E-state index contributed by atoms with van der Waals surface area (Å²) in [5, 5.41) is 13.0. The molecule has 0 saturated carbocycles. The van der Waals surface area contributed by atoms with Crippen LogP contribution < -0.4 is 0 Å². The number of benzene rings is 1. The highest BCUT2D eigenvalue weighted by Gasteiger charge is 2.15. The molecule has 0 aliphatic heterocycles. The summed E-state index contributed by atoms with van der Waals surface area (Å²) in [6, 6.07) is 5.19. The molecule has 1 atom stereocenters. The molecule has 15 heavy (non-hydrogen) atoms. The highest BCUT2D eigenvalue weighted by molar-refractivity contribution is 6.35. The second-order valence-corrected chi connectivity index (χ2v) is 4.22. The lowest BCUT2D eigenvalue weighted by Crippen LogP contribution is -2.11. The number of hydrogen-bond donors (Lipinski definition) is 1. The smallest absolute Gasteiger partial charge is 0.0790 e. The van der Waals surface area contributed by atoms with E-state index < -0.39 is 0 Å². The van der Waals surface area contributed by atoms with E-state index in [-0.39, 0.29) is 11.8 Å². The maximum Gasteiger partial charge on any atom is 0.0790 e. The van der Waals surface area contributed by atoms with E-state index in [2.05, 4.69) is 5.16 Å². The van der Waals surface area contributed by atoms with Gasteiger partial charge in [-0.25, -0.2) is 0 Å². The van der Waals surface area contributed by atoms with Crippen LogP contribution in [0.5, 0.6) is 0 Å². The van der Waals surface area contributed by atoms with Crippen LogP contribution in [0.2, 0.25) is 10.0 Å². The third kappa shape index (κ3) is 3.00. The molecule has 0 aromatic heterocycles. The molecule has 1 aromatic carbocycles. The molecule has 0 radical (unpaired) electrons. The Morgan fingerprint density at radius 1 is 1.47 bits per heavy atom. The van der Waals surface area contributed by atoms with E-state index in [0.29, 0.717) is 15.8 Å². The molecule has 5 heteroatoms. The third-order valence-electron chi connectivity index (χ3n) is 2.19. The molecular formula is C10H10Cl3NO. The Morgan fingerprint density at radius 2 is 2.13 bits per heavy atom. The van der Waals surface area contributed by atoms with E-state index in [1.807, 2.05) is 6.92 Å². The summed E-state index contributed by atoms with van der Waals surface area (Å²) in [5.74, 6) is 0.0358. The van der Waals surface area contributed by atoms with Crippen LogP contribution in [0.15, 0.2) is 23.4 Å². The normalized spacial score (nSPS) is 14.0. The second-order valence-electron chi connectivity index (χ2n) is 3.11. The Morgan fingerprint density at radius 3 is 2.60 bits per heavy atom. The molecule has 0 heterocycles. The van der Waals surface area contributed by atoms with Crippen molar-refractivity contribution >= 4 is 40.5 Å². The van der Waals surface area contributed by atoms with Gasteiger partial charge in [0.2, 0.25) is 0 Å². The summed E-state index contributed by atoms with van der Waals surface area (Å²) in [4.78, 5) is 0. The first-order valence-electron chi connectivity index (χ1n) is 4.32. The van der Waals surface area contributed by atoms with Crippen molar-refractivity contribution in [1.29, 1.82) is 0 Å². The molecule has 0 fully saturated rings. The molecule has 0 aliphatic carbocycles. The SMILES string of the molecule is CC(/C(CCl)=N/O)c1ccc(Cl)cc1Cl. The highest BCUT2D eigenvalue weighted by Crippen LogP contribution is 2.28. The second kappa shape index (κ2) is 5.59. The van der Waals surface area contributed by atoms with Crippen LogP contribution >= 0.6 is 34.8 Å². The van der Waals surface area contributed by atoms with Crippen LogP contribution in [0.25, 0.3) is 0 Å². The van der Waals surface area contributed by atoms with Crippen LogP contribution in [0.4, 0.5) is 0 Å². The number of halogens is 3. The maximum atomic E-state index is 8.74. The van der Waals surface area contributed by atoms with E-state index in [1.165, 1.54) is 0 Å². The molecule has 0 aliphatic rings. The van der Waals surface area contributed by atoms with Crippen LogP contribution in [-0.4, -0.2) is 16.8 Å². The first-order valence-corrected chi connectivity index (χ1v) is 5.61. The molecule has 0 bridgehead atoms. The van der Waals surface area contributed by atoms with E-state index in [9.17, 15) is 0 Å². The van der Waals surface area contributed by atoms with Gasteiger partial charge in [-0.15, -0.1) is 11.6 Å². The van der Waals surface area contributed by atoms with Crippen molar-refractivity contribution in [3.05, 3.63) is 33.8 Å². The van der Waals surface area contributed by atoms with Crippen molar-refractivity contribution in [2.45, 2.75) is 12.8 Å². The van der Waals surface area contributed by atoms with Gasteiger partial charge in [-0.1, -0.05) is 41.3 Å². The van der Waals surface area contributed by atoms with Crippen LogP contribution in [0.3, 0.4) is 0 Å². The summed E-state index contributed by atoms with van der Waals surface area (Å²) in [5.41, 5.74) is 1.32. The summed E-state index contributed by atoms with van der Waals surface area (Å²) in [7, 11) is 0. The van der Waals surface area contributed by atoms with E-state index in [4.69, 9.17) is 40.0 Å². The summed E-state index contributed by atoms with van der Waals surface area (Å²) in [6.45, 7) is 1.87. The van der Waals surface area contributed by atoms with Gasteiger partial charge in [-0.2, -0.15) is 0 Å². The van der Waals surface area contributed by atoms with Gasteiger partial charge in [0.05, 0.1) is 11.6 Å². The number of oxime groups is 1. The monoisotopic (exact) mass is 265 g/mol. The van der Waals surface area contributed by atoms with E-state index in [1.54, 1.807) is 18.2 Å². The molecule has 1 unspecified atom stereocenters. The molecule has 0 spiro atoms. The topological polar surface area (TPSA) is 32.6 Å². The average Bonchev–Trinajstić information content (AvgIpc) is 2.19. The van der Waals surface area contributed by atoms with Crippen molar-refractivity contribution in [3.63, 3.8) is 0 Å². The van der Waals surface area contributed by atoms with E-state index in [0.717, 1.165) is 5.56 Å². The molecule has 0 amide bonds. The van der Waals surface area contributed by atoms with Gasteiger partial charge in [0.15, 0.2) is 0 Å². The number of rotatable bonds is 3. The summed E-state index contributed by atoms with van der Waals surface area (Å²) < 4.78 is 0. The van der Waals surface area contributed by atoms with Crippen molar-refractivity contribution < 1.29 is 5.21 Å². The minimum atomic E-state index is -0.128. The zero-order chi connectivity index (χ0) is 11.4. The van der Waals surface area contributed by atoms with Crippen molar-refractivity contribution in [2.24, 2.45) is 5.16 Å². The zero-order valence-electron chi connectivity index (χ0n) is 8.04. The number of nitrogens with zero attached hydrogens (tertiary/aromatic N) is 1. The Hall–Kier alpha value is -0.440. The van der Waals surface area contributed by atoms with Gasteiger partial charge < -0.3 is 5.21 Å². The minimum Gasteiger partial charge on any atom is -0.411 e. The van der Waals surface area contributed by atoms with Crippen LogP contribution in [0.1, 0.15) is 18.4 Å². The van der Waals surface area contributed by atoms with Gasteiger partial charge >= 0.3 is 0 Å². The fraction of sp³-hybridized carbons (Fsp3) is 0.300. The molecular weight excluding hydrogens is 256 g/mol. The van der Waals surface area contributed by atoms with Gasteiger partial charge in [0.25, 0.3) is 0 Å². The van der Waals surface area contributed by atoms with E-state index >= 15 is 0 Å². The molecule has 1 N–H and O–H groups in total. The van der Waals surface area contributed by atoms with Crippen molar-refractivity contribution in [2.75, 3.05) is 5.88 Å². The molecule has 1 aromatic rings. The lowest BCUT2D eigenvalue weighted by Gasteiger charge is -2.13. The molecule has 82 valence electrons.